The van der Waals surface area contributed by atoms with Gasteiger partial charge in [-0.05, 0) is 12.1 Å². The molecule has 2 heterocycles. The Morgan fingerprint density at radius 2 is 1.16 bits per heavy atom. The predicted molar refractivity (Wildman–Crippen MR) is 53.8 cm³/mol. The van der Waals surface area contributed by atoms with E-state index in [4.69, 9.17) is 0 Å². The summed E-state index contributed by atoms with van der Waals surface area (Å²) in [7, 11) is -4.90. The topological polar surface area (TPSA) is 59.9 Å². The molecule has 0 aliphatic heterocycles. The average Bonchev–Trinajstić information content (AvgIpc) is 2.35. The maximum Gasteiger partial charge on any atom is 0.247 e. The van der Waals surface area contributed by atoms with Crippen molar-refractivity contribution in [1.29, 1.82) is 0 Å². The van der Waals surface area contributed by atoms with E-state index in [0.717, 1.165) is 0 Å². The minimum Gasteiger partial charge on any atom is -0.241 e. The summed E-state index contributed by atoms with van der Waals surface area (Å²) in [6, 6.07) is 1.17. The number of rotatable bonds is 2. The summed E-state index contributed by atoms with van der Waals surface area (Å²) in [5, 5.41) is -2.71. The maximum atomic E-state index is 13.4. The van der Waals surface area contributed by atoms with Crippen molar-refractivity contribution in [3.8, 4) is 0 Å². The highest BCUT2D eigenvalue weighted by Gasteiger charge is 2.31. The fourth-order valence-corrected chi connectivity index (χ4v) is 2.52. The predicted octanol–water partition coefficient (Wildman–Crippen LogP) is 1.87. The number of sulfone groups is 1. The zero-order valence-electron chi connectivity index (χ0n) is 8.94. The molecule has 4 nitrogen and oxygen atoms in total. The first-order valence-electron chi connectivity index (χ1n) is 4.71. The minimum atomic E-state index is -4.90. The molecule has 9 heteroatoms. The van der Waals surface area contributed by atoms with E-state index in [2.05, 4.69) is 9.97 Å². The number of hydrogen-bond acceptors (Lipinski definition) is 4. The molecule has 19 heavy (non-hydrogen) atoms. The van der Waals surface area contributed by atoms with E-state index in [-0.39, 0.29) is 0 Å². The third-order valence-electron chi connectivity index (χ3n) is 2.13. The Hall–Kier alpha value is -2.03. The van der Waals surface area contributed by atoms with Crippen LogP contribution in [0, 0.1) is 23.3 Å². The van der Waals surface area contributed by atoms with Gasteiger partial charge in [-0.25, -0.2) is 35.9 Å². The molecule has 0 atom stereocenters. The second kappa shape index (κ2) is 4.57. The molecular weight excluding hydrogens is 288 g/mol. The summed E-state index contributed by atoms with van der Waals surface area (Å²) in [4.78, 5) is 6.25. The fourth-order valence-electron chi connectivity index (χ4n) is 1.27. The molecular formula is C10H4F4N2O2S. The molecule has 0 bridgehead atoms. The molecule has 2 aromatic heterocycles. The second-order valence-corrected chi connectivity index (χ2v) is 5.11. The Labute approximate surface area is 104 Å². The van der Waals surface area contributed by atoms with Gasteiger partial charge in [0.1, 0.15) is 0 Å². The van der Waals surface area contributed by atoms with Gasteiger partial charge in [-0.1, -0.05) is 0 Å². The minimum absolute atomic E-state index is 0.587. The molecule has 0 saturated heterocycles. The monoisotopic (exact) mass is 292 g/mol. The Bertz CT molecular complexity index is 692. The van der Waals surface area contributed by atoms with Gasteiger partial charge in [0.2, 0.25) is 19.9 Å². The highest BCUT2D eigenvalue weighted by Crippen LogP contribution is 2.24. The molecule has 2 rings (SSSR count). The zero-order chi connectivity index (χ0) is 14.2. The third kappa shape index (κ3) is 2.16. The van der Waals surface area contributed by atoms with E-state index in [0.29, 0.717) is 24.5 Å². The average molecular weight is 292 g/mol. The van der Waals surface area contributed by atoms with Crippen LogP contribution in [0.5, 0.6) is 0 Å². The molecule has 0 unspecified atom stereocenters. The van der Waals surface area contributed by atoms with E-state index in [1.807, 2.05) is 0 Å². The Morgan fingerprint density at radius 3 is 1.53 bits per heavy atom. The van der Waals surface area contributed by atoms with Gasteiger partial charge in [0, 0.05) is 12.4 Å². The molecule has 2 aromatic rings. The van der Waals surface area contributed by atoms with Gasteiger partial charge in [-0.3, -0.25) is 0 Å². The lowest BCUT2D eigenvalue weighted by Gasteiger charge is -2.05. The summed E-state index contributed by atoms with van der Waals surface area (Å²) >= 11 is 0. The molecule has 0 aromatic carbocycles. The summed E-state index contributed by atoms with van der Waals surface area (Å²) < 4.78 is 76.3. The van der Waals surface area contributed by atoms with Crippen molar-refractivity contribution < 1.29 is 26.0 Å². The summed E-state index contributed by atoms with van der Waals surface area (Å²) in [6.45, 7) is 0. The van der Waals surface area contributed by atoms with Crippen LogP contribution in [0.2, 0.25) is 0 Å². The zero-order valence-corrected chi connectivity index (χ0v) is 9.76. The van der Waals surface area contributed by atoms with Gasteiger partial charge in [0.25, 0.3) is 0 Å². The first-order chi connectivity index (χ1) is 8.85. The lowest BCUT2D eigenvalue weighted by atomic mass is 10.4. The van der Waals surface area contributed by atoms with Crippen molar-refractivity contribution in [3.63, 3.8) is 0 Å². The fraction of sp³-hybridized carbons (Fsp3) is 0. The normalized spacial score (nSPS) is 11.6. The highest BCUT2D eigenvalue weighted by molar-refractivity contribution is 7.91. The van der Waals surface area contributed by atoms with E-state index in [1.165, 1.54) is 0 Å². The SMILES string of the molecule is O=S(=O)(c1nccc(F)c1F)c1nccc(F)c1F. The highest BCUT2D eigenvalue weighted by atomic mass is 32.2. The number of aromatic nitrogens is 2. The van der Waals surface area contributed by atoms with Crippen LogP contribution in [0.1, 0.15) is 0 Å². The van der Waals surface area contributed by atoms with E-state index >= 15 is 0 Å². The van der Waals surface area contributed by atoms with Gasteiger partial charge < -0.3 is 0 Å². The third-order valence-corrected chi connectivity index (χ3v) is 3.72. The van der Waals surface area contributed by atoms with Crippen LogP contribution < -0.4 is 0 Å². The summed E-state index contributed by atoms with van der Waals surface area (Å²) in [6.07, 6.45) is 1.37. The van der Waals surface area contributed by atoms with E-state index < -0.39 is 43.2 Å². The first-order valence-corrected chi connectivity index (χ1v) is 6.19. The molecule has 0 amide bonds. The van der Waals surface area contributed by atoms with Crippen molar-refractivity contribution in [1.82, 2.24) is 9.97 Å². The molecule has 0 radical (unpaired) electrons. The van der Waals surface area contributed by atoms with Crippen molar-refractivity contribution in [2.45, 2.75) is 10.1 Å². The maximum absolute atomic E-state index is 13.4. The smallest absolute Gasteiger partial charge is 0.241 e. The van der Waals surface area contributed by atoms with Crippen molar-refractivity contribution in [2.24, 2.45) is 0 Å². The number of pyridine rings is 2. The Morgan fingerprint density at radius 1 is 0.789 bits per heavy atom. The Kier molecular flexibility index (Phi) is 3.23. The van der Waals surface area contributed by atoms with Crippen LogP contribution in [-0.2, 0) is 9.84 Å². The standard InChI is InChI=1S/C10H4F4N2O2S/c11-5-1-3-15-9(7(5)13)19(17,18)10-8(14)6(12)2-4-16-10/h1-4H. The van der Waals surface area contributed by atoms with Gasteiger partial charge in [-0.15, -0.1) is 0 Å². The lowest BCUT2D eigenvalue weighted by Crippen LogP contribution is -2.13. The van der Waals surface area contributed by atoms with Crippen molar-refractivity contribution >= 4 is 9.84 Å². The molecule has 0 aliphatic rings. The van der Waals surface area contributed by atoms with Crippen LogP contribution in [0.25, 0.3) is 0 Å². The van der Waals surface area contributed by atoms with Gasteiger partial charge in [0.05, 0.1) is 0 Å². The summed E-state index contributed by atoms with van der Waals surface area (Å²) in [5.74, 6) is -6.53. The van der Waals surface area contributed by atoms with Crippen LogP contribution in [0.3, 0.4) is 0 Å². The number of hydrogen-bond donors (Lipinski definition) is 0. The first kappa shape index (κ1) is 13.4. The van der Waals surface area contributed by atoms with Gasteiger partial charge >= 0.3 is 0 Å². The quantitative estimate of drug-likeness (QED) is 0.793. The van der Waals surface area contributed by atoms with Crippen molar-refractivity contribution in [2.75, 3.05) is 0 Å². The van der Waals surface area contributed by atoms with Crippen LogP contribution in [0.4, 0.5) is 17.6 Å². The molecule has 100 valence electrons. The lowest BCUT2D eigenvalue weighted by molar-refractivity contribution is 0.461. The van der Waals surface area contributed by atoms with E-state index in [9.17, 15) is 26.0 Å². The Balaban J connectivity index is 2.73. The molecule has 0 saturated carbocycles. The van der Waals surface area contributed by atoms with Crippen molar-refractivity contribution in [3.05, 3.63) is 47.8 Å². The van der Waals surface area contributed by atoms with Crippen LogP contribution >= 0.6 is 0 Å². The number of nitrogens with zero attached hydrogens (tertiary/aromatic N) is 2. The van der Waals surface area contributed by atoms with Gasteiger partial charge in [0.15, 0.2) is 23.3 Å². The number of halogens is 4. The van der Waals surface area contributed by atoms with Gasteiger partial charge in [-0.2, -0.15) is 0 Å². The van der Waals surface area contributed by atoms with Crippen LogP contribution in [-0.4, -0.2) is 18.4 Å². The second-order valence-electron chi connectivity index (χ2n) is 3.33. The largest absolute Gasteiger partial charge is 0.247 e. The molecule has 0 spiro atoms. The molecule has 0 N–H and O–H groups in total. The molecule has 0 fully saturated rings. The van der Waals surface area contributed by atoms with E-state index in [1.54, 1.807) is 0 Å². The summed E-state index contributed by atoms with van der Waals surface area (Å²) in [5.41, 5.74) is 0. The molecule has 0 aliphatic carbocycles. The van der Waals surface area contributed by atoms with Crippen LogP contribution in [0.15, 0.2) is 34.6 Å².